The van der Waals surface area contributed by atoms with Crippen molar-refractivity contribution in [1.82, 2.24) is 4.90 Å². The van der Waals surface area contributed by atoms with E-state index in [2.05, 4.69) is 55.3 Å². The molecule has 1 heterocycles. The minimum absolute atomic E-state index is 0.374. The molecular weight excluding hydrogens is 264 g/mol. The second-order valence-electron chi connectivity index (χ2n) is 6.08. The largest absolute Gasteiger partial charge is 0.285 e. The molecule has 0 aliphatic carbocycles. The topological polar surface area (TPSA) is 27.0 Å². The summed E-state index contributed by atoms with van der Waals surface area (Å²) < 4.78 is 0. The summed E-state index contributed by atoms with van der Waals surface area (Å²) in [5.41, 5.74) is 0.881. The molecule has 0 saturated carbocycles. The number of nitriles is 1. The van der Waals surface area contributed by atoms with Crippen LogP contribution in [0.15, 0.2) is 29.2 Å². The Kier molecular flexibility index (Phi) is 5.12. The Labute approximate surface area is 127 Å². The van der Waals surface area contributed by atoms with Crippen LogP contribution in [0, 0.1) is 17.2 Å². The van der Waals surface area contributed by atoms with E-state index in [1.165, 1.54) is 23.3 Å². The van der Waals surface area contributed by atoms with Gasteiger partial charge in [0.1, 0.15) is 5.54 Å². The van der Waals surface area contributed by atoms with Crippen LogP contribution in [0.4, 0.5) is 0 Å². The SMILES string of the molecule is CSc1ccc(CC(C)(C#N)N2CCC(C)CC2)cc1. The van der Waals surface area contributed by atoms with E-state index < -0.39 is 0 Å². The molecule has 1 saturated heterocycles. The van der Waals surface area contributed by atoms with Gasteiger partial charge in [0.15, 0.2) is 0 Å². The summed E-state index contributed by atoms with van der Waals surface area (Å²) in [4.78, 5) is 3.65. The predicted octanol–water partition coefficient (Wildman–Crippen LogP) is 3.97. The van der Waals surface area contributed by atoms with Crippen LogP contribution >= 0.6 is 11.8 Å². The highest BCUT2D eigenvalue weighted by molar-refractivity contribution is 7.98. The molecule has 1 unspecified atom stereocenters. The Morgan fingerprint density at radius 3 is 2.40 bits per heavy atom. The fourth-order valence-corrected chi connectivity index (χ4v) is 3.27. The maximum Gasteiger partial charge on any atom is 0.110 e. The second kappa shape index (κ2) is 6.65. The summed E-state index contributed by atoms with van der Waals surface area (Å²) in [6.45, 7) is 6.50. The maximum atomic E-state index is 9.67. The number of piperidine rings is 1. The number of hydrogen-bond acceptors (Lipinski definition) is 3. The van der Waals surface area contributed by atoms with Crippen molar-refractivity contribution < 1.29 is 0 Å². The van der Waals surface area contributed by atoms with E-state index in [1.807, 2.05) is 0 Å². The molecule has 3 heteroatoms. The summed E-state index contributed by atoms with van der Waals surface area (Å²) in [6.07, 6.45) is 5.32. The summed E-state index contributed by atoms with van der Waals surface area (Å²) in [5.74, 6) is 0.801. The number of rotatable bonds is 4. The van der Waals surface area contributed by atoms with E-state index in [0.717, 1.165) is 25.4 Å². The molecular formula is C17H24N2S. The highest BCUT2D eigenvalue weighted by atomic mass is 32.2. The van der Waals surface area contributed by atoms with Crippen molar-refractivity contribution in [1.29, 1.82) is 5.26 Å². The van der Waals surface area contributed by atoms with Gasteiger partial charge in [0, 0.05) is 11.3 Å². The molecule has 0 amide bonds. The van der Waals surface area contributed by atoms with Gasteiger partial charge in [-0.2, -0.15) is 5.26 Å². The van der Waals surface area contributed by atoms with Gasteiger partial charge in [-0.3, -0.25) is 4.90 Å². The van der Waals surface area contributed by atoms with Gasteiger partial charge in [0.2, 0.25) is 0 Å². The van der Waals surface area contributed by atoms with E-state index in [4.69, 9.17) is 0 Å². The van der Waals surface area contributed by atoms with Crippen LogP contribution in [0.1, 0.15) is 32.3 Å². The molecule has 0 N–H and O–H groups in total. The second-order valence-corrected chi connectivity index (χ2v) is 6.96. The van der Waals surface area contributed by atoms with Crippen LogP contribution in [-0.4, -0.2) is 29.8 Å². The van der Waals surface area contributed by atoms with E-state index in [0.29, 0.717) is 0 Å². The lowest BCUT2D eigenvalue weighted by Crippen LogP contribution is -2.50. The first-order chi connectivity index (χ1) is 9.57. The van der Waals surface area contributed by atoms with Crippen molar-refractivity contribution in [3.63, 3.8) is 0 Å². The Bertz CT molecular complexity index is 469. The average Bonchev–Trinajstić information content (AvgIpc) is 2.48. The smallest absolute Gasteiger partial charge is 0.110 e. The summed E-state index contributed by atoms with van der Waals surface area (Å²) in [5, 5.41) is 9.67. The number of thioether (sulfide) groups is 1. The van der Waals surface area contributed by atoms with Crippen molar-refractivity contribution in [2.75, 3.05) is 19.3 Å². The van der Waals surface area contributed by atoms with Crippen LogP contribution in [0.2, 0.25) is 0 Å². The quantitative estimate of drug-likeness (QED) is 0.785. The molecule has 1 aliphatic rings. The molecule has 0 aromatic heterocycles. The van der Waals surface area contributed by atoms with Crippen LogP contribution in [-0.2, 0) is 6.42 Å². The predicted molar refractivity (Wildman–Crippen MR) is 85.9 cm³/mol. The number of benzene rings is 1. The van der Waals surface area contributed by atoms with Crippen molar-refractivity contribution in [2.45, 2.75) is 43.5 Å². The van der Waals surface area contributed by atoms with Crippen LogP contribution in [0.3, 0.4) is 0 Å². The third-order valence-electron chi connectivity index (χ3n) is 4.43. The Morgan fingerprint density at radius 2 is 1.90 bits per heavy atom. The van der Waals surface area contributed by atoms with Gasteiger partial charge in [-0.05, 0) is 62.7 Å². The summed E-state index contributed by atoms with van der Waals surface area (Å²) in [7, 11) is 0. The zero-order valence-corrected chi connectivity index (χ0v) is 13.5. The minimum atomic E-state index is -0.374. The molecule has 1 aromatic carbocycles. The average molecular weight is 288 g/mol. The van der Waals surface area contributed by atoms with E-state index >= 15 is 0 Å². The van der Waals surface area contributed by atoms with E-state index in [-0.39, 0.29) is 5.54 Å². The Morgan fingerprint density at radius 1 is 1.30 bits per heavy atom. The lowest BCUT2D eigenvalue weighted by molar-refractivity contribution is 0.103. The van der Waals surface area contributed by atoms with Crippen molar-refractivity contribution in [3.8, 4) is 6.07 Å². The third kappa shape index (κ3) is 3.56. The van der Waals surface area contributed by atoms with Gasteiger partial charge in [-0.15, -0.1) is 11.8 Å². The zero-order chi connectivity index (χ0) is 14.6. The van der Waals surface area contributed by atoms with Gasteiger partial charge in [-0.25, -0.2) is 0 Å². The molecule has 0 spiro atoms. The van der Waals surface area contributed by atoms with E-state index in [1.54, 1.807) is 11.8 Å². The molecule has 20 heavy (non-hydrogen) atoms. The van der Waals surface area contributed by atoms with Crippen LogP contribution < -0.4 is 0 Å². The third-order valence-corrected chi connectivity index (χ3v) is 5.17. The minimum Gasteiger partial charge on any atom is -0.285 e. The highest BCUT2D eigenvalue weighted by Gasteiger charge is 2.34. The molecule has 108 valence electrons. The number of hydrogen-bond donors (Lipinski definition) is 0. The molecule has 2 rings (SSSR count). The fraction of sp³-hybridized carbons (Fsp3) is 0.588. The maximum absolute atomic E-state index is 9.67. The zero-order valence-electron chi connectivity index (χ0n) is 12.7. The molecule has 1 aliphatic heterocycles. The molecule has 1 aromatic rings. The lowest BCUT2D eigenvalue weighted by atomic mass is 9.88. The molecule has 2 nitrogen and oxygen atoms in total. The molecule has 0 radical (unpaired) electrons. The first-order valence-electron chi connectivity index (χ1n) is 7.36. The molecule has 1 fully saturated rings. The number of likely N-dealkylation sites (tertiary alicyclic amines) is 1. The number of nitrogens with zero attached hydrogens (tertiary/aromatic N) is 2. The Balaban J connectivity index is 2.08. The van der Waals surface area contributed by atoms with Crippen molar-refractivity contribution >= 4 is 11.8 Å². The van der Waals surface area contributed by atoms with Crippen molar-refractivity contribution in [2.24, 2.45) is 5.92 Å². The normalized spacial score (nSPS) is 20.3. The van der Waals surface area contributed by atoms with Gasteiger partial charge in [0.25, 0.3) is 0 Å². The first-order valence-corrected chi connectivity index (χ1v) is 8.59. The first kappa shape index (κ1) is 15.4. The van der Waals surface area contributed by atoms with Crippen molar-refractivity contribution in [3.05, 3.63) is 29.8 Å². The van der Waals surface area contributed by atoms with Gasteiger partial charge in [0.05, 0.1) is 6.07 Å². The fourth-order valence-electron chi connectivity index (χ4n) is 2.87. The van der Waals surface area contributed by atoms with Crippen LogP contribution in [0.25, 0.3) is 0 Å². The molecule has 1 atom stereocenters. The Hall–Kier alpha value is -0.980. The summed E-state index contributed by atoms with van der Waals surface area (Å²) in [6, 6.07) is 11.2. The lowest BCUT2D eigenvalue weighted by Gasteiger charge is -2.40. The highest BCUT2D eigenvalue weighted by Crippen LogP contribution is 2.27. The van der Waals surface area contributed by atoms with Gasteiger partial charge < -0.3 is 0 Å². The summed E-state index contributed by atoms with van der Waals surface area (Å²) >= 11 is 1.75. The van der Waals surface area contributed by atoms with E-state index in [9.17, 15) is 5.26 Å². The monoisotopic (exact) mass is 288 g/mol. The van der Waals surface area contributed by atoms with Gasteiger partial charge in [-0.1, -0.05) is 19.1 Å². The molecule has 0 bridgehead atoms. The van der Waals surface area contributed by atoms with Gasteiger partial charge >= 0.3 is 0 Å². The van der Waals surface area contributed by atoms with Crippen LogP contribution in [0.5, 0.6) is 0 Å². The standard InChI is InChI=1S/C17H24N2S/c1-14-8-10-19(11-9-14)17(2,13-18)12-15-4-6-16(20-3)7-5-15/h4-7,14H,8-12H2,1-3H3.